The molecule has 1 N–H and O–H groups in total. The van der Waals surface area contributed by atoms with Gasteiger partial charge >= 0.3 is 0 Å². The zero-order valence-corrected chi connectivity index (χ0v) is 10.8. The third-order valence-corrected chi connectivity index (χ3v) is 2.84. The van der Waals surface area contributed by atoms with E-state index < -0.39 is 0 Å². The molecule has 0 bridgehead atoms. The summed E-state index contributed by atoms with van der Waals surface area (Å²) in [5.74, 6) is 0.788. The summed E-state index contributed by atoms with van der Waals surface area (Å²) in [6.45, 7) is 4.25. The predicted octanol–water partition coefficient (Wildman–Crippen LogP) is -1.93. The lowest BCUT2D eigenvalue weighted by molar-refractivity contribution is -0.132. The first kappa shape index (κ1) is 12.9. The van der Waals surface area contributed by atoms with E-state index >= 15 is 0 Å². The van der Waals surface area contributed by atoms with Gasteiger partial charge < -0.3 is 10.2 Å². The number of nitrogens with zero attached hydrogens (tertiary/aromatic N) is 6. The Morgan fingerprint density at radius 1 is 1.44 bits per heavy atom. The van der Waals surface area contributed by atoms with E-state index in [-0.39, 0.29) is 5.91 Å². The molecule has 0 aromatic carbocycles. The average molecular weight is 253 g/mol. The highest BCUT2D eigenvalue weighted by atomic mass is 16.2. The second kappa shape index (κ2) is 5.87. The van der Waals surface area contributed by atoms with E-state index in [0.29, 0.717) is 18.9 Å². The lowest BCUT2D eigenvalue weighted by Gasteiger charge is -2.28. The van der Waals surface area contributed by atoms with Crippen LogP contribution in [0.3, 0.4) is 0 Å². The van der Waals surface area contributed by atoms with Crippen molar-refractivity contribution in [3.05, 3.63) is 5.82 Å². The van der Waals surface area contributed by atoms with Crippen LogP contribution < -0.4 is 5.32 Å². The molecule has 1 aliphatic heterocycles. The molecule has 8 nitrogen and oxygen atoms in total. The topological polar surface area (TPSA) is 79.2 Å². The molecule has 8 heteroatoms. The summed E-state index contributed by atoms with van der Waals surface area (Å²) in [5.41, 5.74) is 0. The van der Waals surface area contributed by atoms with Crippen LogP contribution in [0.4, 0.5) is 0 Å². The van der Waals surface area contributed by atoms with Gasteiger partial charge in [0.2, 0.25) is 5.91 Å². The summed E-state index contributed by atoms with van der Waals surface area (Å²) in [6, 6.07) is 0. The molecular weight excluding hydrogens is 234 g/mol. The number of aromatic nitrogens is 4. The van der Waals surface area contributed by atoms with Crippen LogP contribution >= 0.6 is 0 Å². The lowest BCUT2D eigenvalue weighted by Crippen LogP contribution is -2.49. The Kier molecular flexibility index (Phi) is 4.21. The van der Waals surface area contributed by atoms with E-state index in [4.69, 9.17) is 0 Å². The molecule has 0 unspecified atom stereocenters. The van der Waals surface area contributed by atoms with Crippen molar-refractivity contribution in [3.8, 4) is 0 Å². The van der Waals surface area contributed by atoms with Crippen molar-refractivity contribution < 1.29 is 4.79 Å². The van der Waals surface area contributed by atoms with Gasteiger partial charge in [-0.15, -0.1) is 10.2 Å². The normalized spacial score (nSPS) is 16.3. The van der Waals surface area contributed by atoms with Crippen molar-refractivity contribution in [2.24, 2.45) is 7.05 Å². The Bertz CT molecular complexity index is 399. The number of hydrogen-bond donors (Lipinski definition) is 1. The van der Waals surface area contributed by atoms with Gasteiger partial charge in [0.1, 0.15) is 0 Å². The summed E-state index contributed by atoms with van der Waals surface area (Å²) in [7, 11) is 3.61. The monoisotopic (exact) mass is 253 g/mol. The molecule has 0 spiro atoms. The smallest absolute Gasteiger partial charge is 0.236 e. The van der Waals surface area contributed by atoms with Gasteiger partial charge in [0.25, 0.3) is 0 Å². The third kappa shape index (κ3) is 3.47. The molecule has 1 aromatic rings. The molecular formula is C10H19N7O. The first-order valence-corrected chi connectivity index (χ1v) is 6.05. The number of piperazine rings is 1. The minimum Gasteiger partial charge on any atom is -0.339 e. The standard InChI is InChI=1S/C10H19N7O/c1-15(7-9-12-14-16(2)13-9)8-10(18)17-5-3-11-4-6-17/h11H,3-8H2,1-2H3. The Morgan fingerprint density at radius 2 is 2.17 bits per heavy atom. The van der Waals surface area contributed by atoms with Crippen LogP contribution in [0.2, 0.25) is 0 Å². The maximum absolute atomic E-state index is 12.0. The van der Waals surface area contributed by atoms with E-state index in [0.717, 1.165) is 26.2 Å². The summed E-state index contributed by atoms with van der Waals surface area (Å²) < 4.78 is 0. The zero-order chi connectivity index (χ0) is 13.0. The number of tetrazole rings is 1. The number of aryl methyl sites for hydroxylation is 1. The molecule has 1 saturated heterocycles. The van der Waals surface area contributed by atoms with Gasteiger partial charge in [-0.3, -0.25) is 9.69 Å². The molecule has 2 heterocycles. The minimum atomic E-state index is 0.155. The van der Waals surface area contributed by atoms with Crippen LogP contribution in [0.5, 0.6) is 0 Å². The van der Waals surface area contributed by atoms with Gasteiger partial charge in [-0.2, -0.15) is 4.80 Å². The van der Waals surface area contributed by atoms with Crippen LogP contribution in [-0.2, 0) is 18.4 Å². The summed E-state index contributed by atoms with van der Waals surface area (Å²) in [6.07, 6.45) is 0. The fraction of sp³-hybridized carbons (Fsp3) is 0.800. The van der Waals surface area contributed by atoms with Gasteiger partial charge in [0.05, 0.1) is 20.1 Å². The predicted molar refractivity (Wildman–Crippen MR) is 64.6 cm³/mol. The molecule has 2 rings (SSSR count). The van der Waals surface area contributed by atoms with E-state index in [1.165, 1.54) is 4.80 Å². The molecule has 0 radical (unpaired) electrons. The fourth-order valence-corrected chi connectivity index (χ4v) is 1.93. The third-order valence-electron chi connectivity index (χ3n) is 2.84. The van der Waals surface area contributed by atoms with Gasteiger partial charge in [0, 0.05) is 26.2 Å². The molecule has 18 heavy (non-hydrogen) atoms. The second-order valence-electron chi connectivity index (χ2n) is 4.50. The van der Waals surface area contributed by atoms with Crippen molar-refractivity contribution in [3.63, 3.8) is 0 Å². The van der Waals surface area contributed by atoms with Crippen molar-refractivity contribution in [2.45, 2.75) is 6.54 Å². The zero-order valence-electron chi connectivity index (χ0n) is 10.8. The molecule has 1 aliphatic rings. The number of rotatable bonds is 4. The molecule has 0 aliphatic carbocycles. The van der Waals surface area contributed by atoms with Gasteiger partial charge in [-0.05, 0) is 12.3 Å². The van der Waals surface area contributed by atoms with E-state index in [9.17, 15) is 4.79 Å². The van der Waals surface area contributed by atoms with E-state index in [1.54, 1.807) is 7.05 Å². The van der Waals surface area contributed by atoms with Crippen molar-refractivity contribution in [1.82, 2.24) is 35.3 Å². The van der Waals surface area contributed by atoms with Crippen molar-refractivity contribution in [1.29, 1.82) is 0 Å². The minimum absolute atomic E-state index is 0.155. The molecule has 1 amide bonds. The number of nitrogens with one attached hydrogen (secondary N) is 1. The summed E-state index contributed by atoms with van der Waals surface area (Å²) in [5, 5.41) is 15.0. The van der Waals surface area contributed by atoms with Crippen molar-refractivity contribution >= 4 is 5.91 Å². The number of amides is 1. The maximum atomic E-state index is 12.0. The SMILES string of the molecule is CN(CC(=O)N1CCNCC1)Cc1nnn(C)n1. The quantitative estimate of drug-likeness (QED) is 0.673. The van der Waals surface area contributed by atoms with Crippen LogP contribution in [0, 0.1) is 0 Å². The Labute approximate surface area is 106 Å². The van der Waals surface area contributed by atoms with Crippen molar-refractivity contribution in [2.75, 3.05) is 39.8 Å². The van der Waals surface area contributed by atoms with Gasteiger partial charge in [-0.1, -0.05) is 0 Å². The second-order valence-corrected chi connectivity index (χ2v) is 4.50. The fourth-order valence-electron chi connectivity index (χ4n) is 1.93. The van der Waals surface area contributed by atoms with Gasteiger partial charge in [0.15, 0.2) is 5.82 Å². The molecule has 100 valence electrons. The molecule has 1 fully saturated rings. The Hall–Kier alpha value is -1.54. The highest BCUT2D eigenvalue weighted by molar-refractivity contribution is 5.78. The first-order chi connectivity index (χ1) is 8.65. The highest BCUT2D eigenvalue weighted by Crippen LogP contribution is 1.98. The first-order valence-electron chi connectivity index (χ1n) is 6.05. The number of carbonyl (C=O) groups is 1. The highest BCUT2D eigenvalue weighted by Gasteiger charge is 2.18. The van der Waals surface area contributed by atoms with Crippen LogP contribution in [0.15, 0.2) is 0 Å². The van der Waals surface area contributed by atoms with Crippen LogP contribution in [0.25, 0.3) is 0 Å². The van der Waals surface area contributed by atoms with Crippen LogP contribution in [-0.4, -0.2) is 75.7 Å². The van der Waals surface area contributed by atoms with E-state index in [1.807, 2.05) is 16.8 Å². The summed E-state index contributed by atoms with van der Waals surface area (Å²) >= 11 is 0. The maximum Gasteiger partial charge on any atom is 0.236 e. The molecule has 1 aromatic heterocycles. The Balaban J connectivity index is 1.79. The number of likely N-dealkylation sites (N-methyl/N-ethyl adjacent to an activating group) is 1. The van der Waals surface area contributed by atoms with Crippen LogP contribution in [0.1, 0.15) is 5.82 Å². The number of carbonyl (C=O) groups excluding carboxylic acids is 1. The average Bonchev–Trinajstić information content (AvgIpc) is 2.75. The Morgan fingerprint density at radius 3 is 2.78 bits per heavy atom. The lowest BCUT2D eigenvalue weighted by atomic mass is 10.3. The van der Waals surface area contributed by atoms with E-state index in [2.05, 4.69) is 20.7 Å². The van der Waals surface area contributed by atoms with Gasteiger partial charge in [-0.25, -0.2) is 0 Å². The largest absolute Gasteiger partial charge is 0.339 e. The summed E-state index contributed by atoms with van der Waals surface area (Å²) in [4.78, 5) is 17.2. The number of hydrogen-bond acceptors (Lipinski definition) is 6. The molecule has 0 saturated carbocycles. The molecule has 0 atom stereocenters.